The van der Waals surface area contributed by atoms with E-state index in [1.165, 1.54) is 17.7 Å². The predicted octanol–water partition coefficient (Wildman–Crippen LogP) is 3.10. The maximum absolute atomic E-state index is 10.1. The number of fused-ring (bicyclic) bond motifs is 1. The topological polar surface area (TPSA) is 35.5 Å². The Morgan fingerprint density at radius 2 is 2.10 bits per heavy atom. The maximum atomic E-state index is 10.1. The molecule has 1 aromatic carbocycles. The third kappa shape index (κ3) is 3.97. The van der Waals surface area contributed by atoms with Gasteiger partial charge in [-0.25, -0.2) is 0 Å². The van der Waals surface area contributed by atoms with Crippen molar-refractivity contribution in [1.29, 1.82) is 0 Å². The molecule has 0 amide bonds. The van der Waals surface area contributed by atoms with Crippen LogP contribution in [0.5, 0.6) is 0 Å². The molecule has 0 fully saturated rings. The molecule has 1 unspecified atom stereocenters. The highest BCUT2D eigenvalue weighted by Crippen LogP contribution is 2.33. The van der Waals surface area contributed by atoms with Crippen molar-refractivity contribution in [2.75, 3.05) is 24.5 Å². The van der Waals surface area contributed by atoms with Crippen LogP contribution in [0.1, 0.15) is 51.6 Å². The van der Waals surface area contributed by atoms with Gasteiger partial charge in [0.2, 0.25) is 0 Å². The number of nitrogens with zero attached hydrogens (tertiary/aromatic N) is 1. The van der Waals surface area contributed by atoms with Crippen molar-refractivity contribution in [1.82, 2.24) is 5.32 Å². The minimum atomic E-state index is -0.663. The second-order valence-electron chi connectivity index (χ2n) is 6.44. The quantitative estimate of drug-likeness (QED) is 0.867. The summed E-state index contributed by atoms with van der Waals surface area (Å²) in [6.07, 6.45) is 3.48. The van der Waals surface area contributed by atoms with Crippen molar-refractivity contribution in [3.63, 3.8) is 0 Å². The zero-order chi connectivity index (χ0) is 14.6. The van der Waals surface area contributed by atoms with Crippen LogP contribution in [0.2, 0.25) is 0 Å². The largest absolute Gasteiger partial charge is 0.389 e. The van der Waals surface area contributed by atoms with E-state index in [9.17, 15) is 5.11 Å². The fourth-order valence-corrected chi connectivity index (χ4v) is 2.99. The molecule has 0 saturated heterocycles. The Bertz CT molecular complexity index is 425. The molecule has 3 nitrogen and oxygen atoms in total. The Morgan fingerprint density at radius 3 is 2.80 bits per heavy atom. The van der Waals surface area contributed by atoms with Gasteiger partial charge in [-0.2, -0.15) is 0 Å². The van der Waals surface area contributed by atoms with E-state index < -0.39 is 5.60 Å². The highest BCUT2D eigenvalue weighted by molar-refractivity contribution is 5.56. The van der Waals surface area contributed by atoms with Gasteiger partial charge in [-0.1, -0.05) is 25.1 Å². The first-order chi connectivity index (χ1) is 9.51. The Labute approximate surface area is 123 Å². The molecule has 1 heterocycles. The van der Waals surface area contributed by atoms with Gasteiger partial charge in [0.25, 0.3) is 0 Å². The normalized spacial score (nSPS) is 19.6. The standard InChI is InChI=1S/C17H28N2O/c1-4-11-18-15-9-7-12-19(13-17(2,3)20)16-10-6-5-8-14(15)16/h5-6,8,10,15,18,20H,4,7,9,11-13H2,1-3H3. The molecule has 2 N–H and O–H groups in total. The zero-order valence-corrected chi connectivity index (χ0v) is 13.0. The molecular formula is C17H28N2O. The molecule has 0 spiro atoms. The van der Waals surface area contributed by atoms with Gasteiger partial charge in [0, 0.05) is 24.8 Å². The summed E-state index contributed by atoms with van der Waals surface area (Å²) in [6.45, 7) is 8.73. The molecule has 112 valence electrons. The van der Waals surface area contributed by atoms with Gasteiger partial charge in [0.05, 0.1) is 5.60 Å². The van der Waals surface area contributed by atoms with Gasteiger partial charge in [-0.15, -0.1) is 0 Å². The maximum Gasteiger partial charge on any atom is 0.0765 e. The van der Waals surface area contributed by atoms with Crippen molar-refractivity contribution in [3.05, 3.63) is 29.8 Å². The predicted molar refractivity (Wildman–Crippen MR) is 85.2 cm³/mol. The Balaban J connectivity index is 2.25. The number of hydrogen-bond acceptors (Lipinski definition) is 3. The molecule has 3 heteroatoms. The second-order valence-corrected chi connectivity index (χ2v) is 6.44. The van der Waals surface area contributed by atoms with Crippen LogP contribution in [0.4, 0.5) is 5.69 Å². The van der Waals surface area contributed by atoms with Crippen LogP contribution in [0, 0.1) is 0 Å². The van der Waals surface area contributed by atoms with Crippen molar-refractivity contribution < 1.29 is 5.11 Å². The summed E-state index contributed by atoms with van der Waals surface area (Å²) in [5, 5.41) is 13.8. The molecular weight excluding hydrogens is 248 g/mol. The first-order valence-corrected chi connectivity index (χ1v) is 7.81. The van der Waals surface area contributed by atoms with E-state index >= 15 is 0 Å². The molecule has 1 aliphatic rings. The first kappa shape index (κ1) is 15.3. The van der Waals surface area contributed by atoms with E-state index in [0.29, 0.717) is 12.6 Å². The third-order valence-electron chi connectivity index (χ3n) is 3.79. The van der Waals surface area contributed by atoms with Gasteiger partial charge >= 0.3 is 0 Å². The number of anilines is 1. The van der Waals surface area contributed by atoms with Crippen LogP contribution in [-0.2, 0) is 0 Å². The number of hydrogen-bond donors (Lipinski definition) is 2. The third-order valence-corrected chi connectivity index (χ3v) is 3.79. The van der Waals surface area contributed by atoms with Gasteiger partial charge in [-0.05, 0) is 51.3 Å². The summed E-state index contributed by atoms with van der Waals surface area (Å²) in [6, 6.07) is 9.07. The van der Waals surface area contributed by atoms with Crippen molar-refractivity contribution in [2.24, 2.45) is 0 Å². The van der Waals surface area contributed by atoms with Gasteiger partial charge in [-0.3, -0.25) is 0 Å². The van der Waals surface area contributed by atoms with Crippen LogP contribution >= 0.6 is 0 Å². The molecule has 0 aliphatic carbocycles. The number of rotatable bonds is 5. The van der Waals surface area contributed by atoms with E-state index in [-0.39, 0.29) is 0 Å². The lowest BCUT2D eigenvalue weighted by Gasteiger charge is -2.31. The van der Waals surface area contributed by atoms with Crippen molar-refractivity contribution in [2.45, 2.75) is 51.7 Å². The van der Waals surface area contributed by atoms with Crippen LogP contribution in [0.15, 0.2) is 24.3 Å². The number of para-hydroxylation sites is 1. The molecule has 1 aromatic rings. The van der Waals surface area contributed by atoms with Crippen LogP contribution < -0.4 is 10.2 Å². The second kappa shape index (κ2) is 6.59. The Morgan fingerprint density at radius 1 is 1.35 bits per heavy atom. The van der Waals surface area contributed by atoms with E-state index in [0.717, 1.165) is 25.9 Å². The minimum Gasteiger partial charge on any atom is -0.389 e. The monoisotopic (exact) mass is 276 g/mol. The summed E-state index contributed by atoms with van der Waals surface area (Å²) in [4.78, 5) is 2.34. The summed E-state index contributed by atoms with van der Waals surface area (Å²) in [5.41, 5.74) is 1.99. The zero-order valence-electron chi connectivity index (χ0n) is 13.0. The smallest absolute Gasteiger partial charge is 0.0765 e. The van der Waals surface area contributed by atoms with Crippen molar-refractivity contribution in [3.8, 4) is 0 Å². The molecule has 1 aliphatic heterocycles. The van der Waals surface area contributed by atoms with E-state index in [1.807, 2.05) is 13.8 Å². The summed E-state index contributed by atoms with van der Waals surface area (Å²) >= 11 is 0. The highest BCUT2D eigenvalue weighted by atomic mass is 16.3. The summed E-state index contributed by atoms with van der Waals surface area (Å²) in [7, 11) is 0. The molecule has 2 rings (SSSR count). The average Bonchev–Trinajstić information content (AvgIpc) is 2.55. The molecule has 0 radical (unpaired) electrons. The van der Waals surface area contributed by atoms with Gasteiger partial charge in [0.15, 0.2) is 0 Å². The lowest BCUT2D eigenvalue weighted by atomic mass is 10.0. The SMILES string of the molecule is CCCNC1CCCN(CC(C)(C)O)c2ccccc21. The molecule has 1 atom stereocenters. The fourth-order valence-electron chi connectivity index (χ4n) is 2.99. The van der Waals surface area contributed by atoms with E-state index in [2.05, 4.69) is 41.4 Å². The van der Waals surface area contributed by atoms with Gasteiger partial charge in [0.1, 0.15) is 0 Å². The highest BCUT2D eigenvalue weighted by Gasteiger charge is 2.25. The number of aliphatic hydroxyl groups is 1. The van der Waals surface area contributed by atoms with Crippen LogP contribution in [0.3, 0.4) is 0 Å². The lowest BCUT2D eigenvalue weighted by Crippen LogP contribution is -2.39. The summed E-state index contributed by atoms with van der Waals surface area (Å²) < 4.78 is 0. The molecule has 0 bridgehead atoms. The van der Waals surface area contributed by atoms with Crippen molar-refractivity contribution >= 4 is 5.69 Å². The lowest BCUT2D eigenvalue weighted by molar-refractivity contribution is 0.0873. The Hall–Kier alpha value is -1.06. The number of β-amino-alcohol motifs (C(OH)–C–C–N with tert-alkyl or cyclic N) is 1. The molecule has 0 aromatic heterocycles. The van der Waals surface area contributed by atoms with Crippen LogP contribution in [-0.4, -0.2) is 30.3 Å². The first-order valence-electron chi connectivity index (χ1n) is 7.81. The van der Waals surface area contributed by atoms with Crippen LogP contribution in [0.25, 0.3) is 0 Å². The van der Waals surface area contributed by atoms with E-state index in [4.69, 9.17) is 0 Å². The molecule has 20 heavy (non-hydrogen) atoms. The van der Waals surface area contributed by atoms with Gasteiger partial charge < -0.3 is 15.3 Å². The average molecular weight is 276 g/mol. The molecule has 0 saturated carbocycles. The number of benzene rings is 1. The van der Waals surface area contributed by atoms with E-state index in [1.54, 1.807) is 0 Å². The summed E-state index contributed by atoms with van der Waals surface area (Å²) in [5.74, 6) is 0. The Kier molecular flexibility index (Phi) is 5.06. The number of nitrogens with one attached hydrogen (secondary N) is 1. The fraction of sp³-hybridized carbons (Fsp3) is 0.647. The minimum absolute atomic E-state index is 0.443.